The van der Waals surface area contributed by atoms with Crippen molar-refractivity contribution in [3.8, 4) is 17.0 Å². The van der Waals surface area contributed by atoms with E-state index in [1.165, 1.54) is 40.3 Å². The number of carbonyl (C=O) groups is 1. The number of methoxy groups -OCH3 is 1. The van der Waals surface area contributed by atoms with Gasteiger partial charge in [0.1, 0.15) is 22.9 Å². The summed E-state index contributed by atoms with van der Waals surface area (Å²) in [6.45, 7) is 1.95. The molecular weight excluding hydrogens is 367 g/mol. The first-order valence-electron chi connectivity index (χ1n) is 8.11. The fourth-order valence-corrected chi connectivity index (χ4v) is 3.53. The average molecular weight is 382 g/mol. The maximum absolute atomic E-state index is 13.3. The van der Waals surface area contributed by atoms with Gasteiger partial charge in [-0.2, -0.15) is 0 Å². The topological polar surface area (TPSA) is 68.5 Å². The van der Waals surface area contributed by atoms with Crippen molar-refractivity contribution in [2.45, 2.75) is 6.92 Å². The highest BCUT2D eigenvalue weighted by Crippen LogP contribution is 2.31. The van der Waals surface area contributed by atoms with E-state index in [2.05, 4.69) is 15.3 Å². The van der Waals surface area contributed by atoms with Crippen molar-refractivity contribution < 1.29 is 13.9 Å². The highest BCUT2D eigenvalue weighted by atomic mass is 32.1. The van der Waals surface area contributed by atoms with Crippen LogP contribution >= 0.6 is 11.3 Å². The Labute approximate surface area is 158 Å². The first-order chi connectivity index (χ1) is 13.0. The molecule has 0 bridgehead atoms. The van der Waals surface area contributed by atoms with Crippen LogP contribution in [0.3, 0.4) is 0 Å². The number of nitrogens with one attached hydrogen (secondary N) is 1. The maximum Gasteiger partial charge on any atom is 0.277 e. The second-order valence-corrected chi connectivity index (χ2v) is 7.05. The molecule has 0 aliphatic rings. The minimum absolute atomic E-state index is 0.194. The van der Waals surface area contributed by atoms with E-state index in [1.807, 2.05) is 31.2 Å². The van der Waals surface area contributed by atoms with Crippen LogP contribution in [-0.2, 0) is 0 Å². The Hall–Kier alpha value is -3.26. The predicted molar refractivity (Wildman–Crippen MR) is 102 cm³/mol. The fraction of sp³-hybridized carbons (Fsp3) is 0.105. The number of aryl methyl sites for hydroxylation is 1. The zero-order valence-electron chi connectivity index (χ0n) is 14.6. The van der Waals surface area contributed by atoms with Crippen LogP contribution in [0, 0.1) is 12.7 Å². The summed E-state index contributed by atoms with van der Waals surface area (Å²) in [6, 6.07) is 10.4. The van der Waals surface area contributed by atoms with Crippen molar-refractivity contribution in [3.63, 3.8) is 0 Å². The Morgan fingerprint density at radius 1 is 1.15 bits per heavy atom. The van der Waals surface area contributed by atoms with Crippen molar-refractivity contribution in [2.75, 3.05) is 12.4 Å². The summed E-state index contributed by atoms with van der Waals surface area (Å²) >= 11 is 1.38. The molecule has 1 aromatic carbocycles. The van der Waals surface area contributed by atoms with Gasteiger partial charge in [0.05, 0.1) is 12.8 Å². The highest BCUT2D eigenvalue weighted by Gasteiger charge is 2.16. The summed E-state index contributed by atoms with van der Waals surface area (Å²) in [4.78, 5) is 22.2. The van der Waals surface area contributed by atoms with Crippen LogP contribution in [0.1, 0.15) is 15.4 Å². The molecule has 3 heterocycles. The average Bonchev–Trinajstić information content (AvgIpc) is 3.24. The monoisotopic (exact) mass is 382 g/mol. The van der Waals surface area contributed by atoms with Crippen LogP contribution in [-0.4, -0.2) is 27.4 Å². The highest BCUT2D eigenvalue weighted by molar-refractivity contribution is 7.16. The zero-order valence-corrected chi connectivity index (χ0v) is 15.4. The molecule has 0 aliphatic heterocycles. The summed E-state index contributed by atoms with van der Waals surface area (Å²) in [5, 5.41) is 3.24. The van der Waals surface area contributed by atoms with Gasteiger partial charge in [-0.25, -0.2) is 14.4 Å². The molecule has 8 heteroatoms. The van der Waals surface area contributed by atoms with Crippen LogP contribution < -0.4 is 10.1 Å². The lowest BCUT2D eigenvalue weighted by molar-refractivity contribution is 0.102. The number of halogens is 1. The molecule has 0 saturated heterocycles. The molecule has 4 aromatic rings. The van der Waals surface area contributed by atoms with Crippen molar-refractivity contribution in [3.05, 3.63) is 65.2 Å². The number of hydrogen-bond donors (Lipinski definition) is 1. The molecule has 0 unspecified atom stereocenters. The molecule has 0 aliphatic carbocycles. The minimum Gasteiger partial charge on any atom is -0.497 e. The van der Waals surface area contributed by atoms with E-state index in [1.54, 1.807) is 7.11 Å². The molecule has 4 rings (SSSR count). The number of rotatable bonds is 4. The van der Waals surface area contributed by atoms with E-state index in [-0.39, 0.29) is 5.69 Å². The van der Waals surface area contributed by atoms with E-state index in [0.29, 0.717) is 10.8 Å². The Bertz CT molecular complexity index is 1130. The van der Waals surface area contributed by atoms with Crippen LogP contribution in [0.2, 0.25) is 0 Å². The summed E-state index contributed by atoms with van der Waals surface area (Å²) < 4.78 is 19.9. The van der Waals surface area contributed by atoms with Gasteiger partial charge in [0, 0.05) is 22.8 Å². The largest absolute Gasteiger partial charge is 0.497 e. The number of amides is 1. The SMILES string of the molecule is COc1ccc(-c2nc(NC(=O)c3cn4cc(F)ccc4n3)sc2C)cc1. The van der Waals surface area contributed by atoms with Crippen LogP contribution in [0.25, 0.3) is 16.9 Å². The smallest absolute Gasteiger partial charge is 0.277 e. The van der Waals surface area contributed by atoms with Crippen molar-refractivity contribution in [1.29, 1.82) is 0 Å². The molecule has 1 N–H and O–H groups in total. The first kappa shape index (κ1) is 17.2. The van der Waals surface area contributed by atoms with Crippen LogP contribution in [0.5, 0.6) is 5.75 Å². The van der Waals surface area contributed by atoms with Gasteiger partial charge in [0.25, 0.3) is 5.91 Å². The lowest BCUT2D eigenvalue weighted by Crippen LogP contribution is -2.12. The molecule has 1 amide bonds. The Kier molecular flexibility index (Phi) is 4.33. The number of hydrogen-bond acceptors (Lipinski definition) is 5. The normalized spacial score (nSPS) is 10.9. The van der Waals surface area contributed by atoms with Gasteiger partial charge in [-0.15, -0.1) is 11.3 Å². The third kappa shape index (κ3) is 3.39. The summed E-state index contributed by atoms with van der Waals surface area (Å²) in [5.74, 6) is -0.0240. The molecule has 0 atom stereocenters. The number of fused-ring (bicyclic) bond motifs is 1. The van der Waals surface area contributed by atoms with Crippen molar-refractivity contribution in [2.24, 2.45) is 0 Å². The minimum atomic E-state index is -0.397. The third-order valence-corrected chi connectivity index (χ3v) is 4.91. The zero-order chi connectivity index (χ0) is 19.0. The van der Waals surface area contributed by atoms with Gasteiger partial charge in [-0.3, -0.25) is 10.1 Å². The van der Waals surface area contributed by atoms with E-state index >= 15 is 0 Å². The Balaban J connectivity index is 1.57. The first-order valence-corrected chi connectivity index (χ1v) is 8.92. The molecule has 0 radical (unpaired) electrons. The number of benzene rings is 1. The molecule has 0 fully saturated rings. The van der Waals surface area contributed by atoms with E-state index in [0.717, 1.165) is 21.9 Å². The van der Waals surface area contributed by atoms with E-state index in [4.69, 9.17) is 4.74 Å². The summed E-state index contributed by atoms with van der Waals surface area (Å²) in [6.07, 6.45) is 2.76. The Morgan fingerprint density at radius 3 is 2.67 bits per heavy atom. The van der Waals surface area contributed by atoms with Gasteiger partial charge in [-0.1, -0.05) is 0 Å². The van der Waals surface area contributed by atoms with Gasteiger partial charge in [-0.05, 0) is 43.3 Å². The molecule has 3 aromatic heterocycles. The number of thiazole rings is 1. The fourth-order valence-electron chi connectivity index (χ4n) is 2.70. The summed E-state index contributed by atoms with van der Waals surface area (Å²) in [5.41, 5.74) is 2.43. The molecule has 0 saturated carbocycles. The number of aromatic nitrogens is 3. The second kappa shape index (κ2) is 6.81. The number of imidazole rings is 1. The van der Waals surface area contributed by atoms with Crippen LogP contribution in [0.4, 0.5) is 9.52 Å². The van der Waals surface area contributed by atoms with Gasteiger partial charge in [0.15, 0.2) is 5.13 Å². The van der Waals surface area contributed by atoms with Gasteiger partial charge >= 0.3 is 0 Å². The van der Waals surface area contributed by atoms with E-state index < -0.39 is 11.7 Å². The van der Waals surface area contributed by atoms with Crippen molar-refractivity contribution >= 4 is 28.0 Å². The number of pyridine rings is 1. The van der Waals surface area contributed by atoms with Gasteiger partial charge in [0.2, 0.25) is 0 Å². The number of carbonyl (C=O) groups excluding carboxylic acids is 1. The quantitative estimate of drug-likeness (QED) is 0.575. The number of ether oxygens (including phenoxy) is 1. The lowest BCUT2D eigenvalue weighted by Gasteiger charge is -2.01. The van der Waals surface area contributed by atoms with Crippen molar-refractivity contribution in [1.82, 2.24) is 14.4 Å². The second-order valence-electron chi connectivity index (χ2n) is 5.85. The molecule has 0 spiro atoms. The molecule has 6 nitrogen and oxygen atoms in total. The summed E-state index contributed by atoms with van der Waals surface area (Å²) in [7, 11) is 1.62. The maximum atomic E-state index is 13.3. The predicted octanol–water partition coefficient (Wildman–Crippen LogP) is 4.17. The standard InChI is InChI=1S/C19H15FN4O2S/c1-11-17(12-3-6-14(26-2)7-4-12)22-19(27-11)23-18(25)15-10-24-9-13(20)5-8-16(24)21-15/h3-10H,1-2H3,(H,22,23,25). The number of nitrogens with zero attached hydrogens (tertiary/aromatic N) is 3. The van der Waals surface area contributed by atoms with E-state index in [9.17, 15) is 9.18 Å². The van der Waals surface area contributed by atoms with Gasteiger partial charge < -0.3 is 9.14 Å². The van der Waals surface area contributed by atoms with Crippen LogP contribution in [0.15, 0.2) is 48.8 Å². The molecule has 27 heavy (non-hydrogen) atoms. The third-order valence-electron chi connectivity index (χ3n) is 4.03. The lowest BCUT2D eigenvalue weighted by atomic mass is 10.1. The molecular formula is C19H15FN4O2S. The number of anilines is 1. The molecule has 136 valence electrons. The Morgan fingerprint density at radius 2 is 1.93 bits per heavy atom.